The zero-order valence-corrected chi connectivity index (χ0v) is 14.4. The molecule has 0 aliphatic rings. The van der Waals surface area contributed by atoms with Gasteiger partial charge in [-0.15, -0.1) is 12.4 Å². The maximum absolute atomic E-state index is 14.0. The van der Waals surface area contributed by atoms with Crippen molar-refractivity contribution in [3.8, 4) is 5.75 Å². The second-order valence-corrected chi connectivity index (χ2v) is 5.45. The molecule has 1 aromatic carbocycles. The first-order chi connectivity index (χ1) is 9.88. The van der Waals surface area contributed by atoms with Gasteiger partial charge in [-0.1, -0.05) is 13.8 Å². The minimum atomic E-state index is -0.653. The predicted octanol–water partition coefficient (Wildman–Crippen LogP) is 3.74. The Hall–Kier alpha value is -1.33. The summed E-state index contributed by atoms with van der Waals surface area (Å²) in [6, 6.07) is 4.43. The molecule has 0 atom stereocenters. The van der Waals surface area contributed by atoms with Gasteiger partial charge >= 0.3 is 0 Å². The number of amides is 1. The number of hydrogen-bond acceptors (Lipinski definition) is 3. The number of halogens is 2. The molecule has 0 bridgehead atoms. The highest BCUT2D eigenvalue weighted by molar-refractivity contribution is 5.95. The fourth-order valence-corrected chi connectivity index (χ4v) is 2.15. The van der Waals surface area contributed by atoms with E-state index in [-0.39, 0.29) is 36.7 Å². The van der Waals surface area contributed by atoms with E-state index in [1.54, 1.807) is 6.07 Å². The van der Waals surface area contributed by atoms with E-state index in [1.807, 2.05) is 27.7 Å². The van der Waals surface area contributed by atoms with Gasteiger partial charge in [-0.2, -0.15) is 0 Å². The average Bonchev–Trinajstić information content (AvgIpc) is 2.44. The van der Waals surface area contributed by atoms with Gasteiger partial charge in [-0.25, -0.2) is 4.39 Å². The largest absolute Gasteiger partial charge is 0.491 e. The fraction of sp³-hybridized carbons (Fsp3) is 0.562. The molecule has 3 N–H and O–H groups in total. The number of ether oxygens (including phenoxy) is 1. The molecule has 0 aliphatic heterocycles. The summed E-state index contributed by atoms with van der Waals surface area (Å²) < 4.78 is 19.4. The van der Waals surface area contributed by atoms with Crippen molar-refractivity contribution in [1.82, 2.24) is 0 Å². The molecule has 0 aliphatic carbocycles. The Bertz CT molecular complexity index is 483. The first-order valence-corrected chi connectivity index (χ1v) is 7.36. The van der Waals surface area contributed by atoms with Gasteiger partial charge in [0.15, 0.2) is 0 Å². The summed E-state index contributed by atoms with van der Waals surface area (Å²) in [6.07, 6.45) is 1.19. The van der Waals surface area contributed by atoms with Crippen molar-refractivity contribution in [2.24, 2.45) is 11.1 Å². The number of carbonyl (C=O) groups is 1. The summed E-state index contributed by atoms with van der Waals surface area (Å²) in [4.78, 5) is 12.4. The van der Waals surface area contributed by atoms with Gasteiger partial charge in [0, 0.05) is 12.6 Å². The second kappa shape index (κ2) is 8.96. The van der Waals surface area contributed by atoms with Crippen molar-refractivity contribution in [3.05, 3.63) is 24.0 Å². The molecule has 1 aromatic rings. The molecular weight excluding hydrogens is 307 g/mol. The Labute approximate surface area is 138 Å². The molecule has 0 radical (unpaired) electrons. The van der Waals surface area contributed by atoms with Crippen molar-refractivity contribution in [3.63, 3.8) is 0 Å². The molecule has 0 fully saturated rings. The summed E-state index contributed by atoms with van der Waals surface area (Å²) in [7, 11) is 0. The number of rotatable bonds is 7. The van der Waals surface area contributed by atoms with Crippen LogP contribution in [0.1, 0.15) is 40.5 Å². The van der Waals surface area contributed by atoms with E-state index in [0.717, 1.165) is 0 Å². The zero-order chi connectivity index (χ0) is 16.0. The number of carbonyl (C=O) groups excluding carboxylic acids is 1. The van der Waals surface area contributed by atoms with E-state index in [4.69, 9.17) is 10.5 Å². The van der Waals surface area contributed by atoms with Gasteiger partial charge in [0.05, 0.1) is 17.2 Å². The number of nitrogens with one attached hydrogen (secondary N) is 1. The van der Waals surface area contributed by atoms with E-state index in [1.165, 1.54) is 12.1 Å². The van der Waals surface area contributed by atoms with Gasteiger partial charge in [0.2, 0.25) is 5.91 Å². The zero-order valence-electron chi connectivity index (χ0n) is 13.6. The predicted molar refractivity (Wildman–Crippen MR) is 90.1 cm³/mol. The lowest BCUT2D eigenvalue weighted by molar-refractivity contribution is -0.125. The Balaban J connectivity index is 0.00000441. The molecule has 0 unspecified atom stereocenters. The third-order valence-electron chi connectivity index (χ3n) is 3.79. The molecule has 1 amide bonds. The molecular formula is C16H26ClFN2O2. The minimum Gasteiger partial charge on any atom is -0.491 e. The topological polar surface area (TPSA) is 64.4 Å². The van der Waals surface area contributed by atoms with Crippen LogP contribution >= 0.6 is 12.4 Å². The van der Waals surface area contributed by atoms with E-state index in [2.05, 4.69) is 5.32 Å². The van der Waals surface area contributed by atoms with Gasteiger partial charge < -0.3 is 15.8 Å². The normalized spacial score (nSPS) is 11.0. The Morgan fingerprint density at radius 2 is 1.95 bits per heavy atom. The maximum Gasteiger partial charge on any atom is 0.231 e. The second-order valence-electron chi connectivity index (χ2n) is 5.45. The summed E-state index contributed by atoms with van der Waals surface area (Å²) in [5.41, 5.74) is 5.22. The molecule has 22 heavy (non-hydrogen) atoms. The monoisotopic (exact) mass is 332 g/mol. The summed E-state index contributed by atoms with van der Waals surface area (Å²) in [5, 5.41) is 2.63. The number of hydrogen-bond donors (Lipinski definition) is 2. The quantitative estimate of drug-likeness (QED) is 0.799. The van der Waals surface area contributed by atoms with Gasteiger partial charge in [0.1, 0.15) is 11.6 Å². The fourth-order valence-electron chi connectivity index (χ4n) is 2.15. The highest BCUT2D eigenvalue weighted by atomic mass is 35.5. The van der Waals surface area contributed by atoms with Crippen LogP contribution in [0.4, 0.5) is 10.1 Å². The standard InChI is InChI=1S/C16H25FN2O2.ClH/c1-5-16(6-2,10-18)15(20)19-14-8-7-12(9-13(14)17)21-11(3)4;/h7-9,11H,5-6,10,18H2,1-4H3,(H,19,20);1H. The van der Waals surface area contributed by atoms with Crippen molar-refractivity contribution < 1.29 is 13.9 Å². The number of anilines is 1. The molecule has 6 heteroatoms. The Kier molecular flexibility index (Phi) is 8.41. The molecule has 0 heterocycles. The lowest BCUT2D eigenvalue weighted by Gasteiger charge is -2.28. The highest BCUT2D eigenvalue weighted by Crippen LogP contribution is 2.28. The highest BCUT2D eigenvalue weighted by Gasteiger charge is 2.33. The van der Waals surface area contributed by atoms with Crippen LogP contribution in [0, 0.1) is 11.2 Å². The first-order valence-electron chi connectivity index (χ1n) is 7.36. The van der Waals surface area contributed by atoms with Gasteiger partial charge in [0.25, 0.3) is 0 Å². The third kappa shape index (κ3) is 4.85. The lowest BCUT2D eigenvalue weighted by atomic mass is 9.81. The summed E-state index contributed by atoms with van der Waals surface area (Å²) >= 11 is 0. The van der Waals surface area contributed by atoms with Crippen LogP contribution in [0.5, 0.6) is 5.75 Å². The molecule has 0 saturated carbocycles. The molecule has 0 aromatic heterocycles. The Morgan fingerprint density at radius 1 is 1.36 bits per heavy atom. The smallest absolute Gasteiger partial charge is 0.231 e. The van der Waals surface area contributed by atoms with E-state index in [9.17, 15) is 9.18 Å². The molecule has 0 saturated heterocycles. The van der Waals surface area contributed by atoms with Crippen LogP contribution in [0.2, 0.25) is 0 Å². The SMILES string of the molecule is CCC(CC)(CN)C(=O)Nc1ccc(OC(C)C)cc1F.Cl. The van der Waals surface area contributed by atoms with E-state index >= 15 is 0 Å². The maximum atomic E-state index is 14.0. The molecule has 4 nitrogen and oxygen atoms in total. The van der Waals surface area contributed by atoms with Gasteiger partial charge in [-0.3, -0.25) is 4.79 Å². The van der Waals surface area contributed by atoms with Crippen molar-refractivity contribution in [2.75, 3.05) is 11.9 Å². The number of benzene rings is 1. The Morgan fingerprint density at radius 3 is 2.36 bits per heavy atom. The van der Waals surface area contributed by atoms with Crippen LogP contribution in [-0.4, -0.2) is 18.6 Å². The van der Waals surface area contributed by atoms with Crippen LogP contribution in [0.15, 0.2) is 18.2 Å². The first kappa shape index (κ1) is 20.7. The summed E-state index contributed by atoms with van der Waals surface area (Å²) in [6.45, 7) is 7.79. The van der Waals surface area contributed by atoms with Crippen LogP contribution in [0.25, 0.3) is 0 Å². The molecule has 0 spiro atoms. The van der Waals surface area contributed by atoms with Crippen molar-refractivity contribution in [2.45, 2.75) is 46.6 Å². The lowest BCUT2D eigenvalue weighted by Crippen LogP contribution is -2.41. The molecule has 126 valence electrons. The van der Waals surface area contributed by atoms with Gasteiger partial charge in [-0.05, 0) is 38.8 Å². The van der Waals surface area contributed by atoms with Crippen molar-refractivity contribution >= 4 is 24.0 Å². The van der Waals surface area contributed by atoms with E-state index in [0.29, 0.717) is 18.6 Å². The molecule has 1 rings (SSSR count). The van der Waals surface area contributed by atoms with Crippen LogP contribution < -0.4 is 15.8 Å². The third-order valence-corrected chi connectivity index (χ3v) is 3.79. The minimum absolute atomic E-state index is 0. The van der Waals surface area contributed by atoms with E-state index < -0.39 is 11.2 Å². The van der Waals surface area contributed by atoms with Crippen molar-refractivity contribution in [1.29, 1.82) is 0 Å². The number of nitrogens with two attached hydrogens (primary N) is 1. The van der Waals surface area contributed by atoms with Crippen LogP contribution in [-0.2, 0) is 4.79 Å². The van der Waals surface area contributed by atoms with Crippen LogP contribution in [0.3, 0.4) is 0 Å². The summed E-state index contributed by atoms with van der Waals surface area (Å²) in [5.74, 6) is -0.317. The average molecular weight is 333 g/mol.